The number of carbonyl (C=O) groups excluding carboxylic acids is 1. The lowest BCUT2D eigenvalue weighted by Crippen LogP contribution is -2.40. The van der Waals surface area contributed by atoms with E-state index < -0.39 is 0 Å². The summed E-state index contributed by atoms with van der Waals surface area (Å²) in [5.74, 6) is 0. The van der Waals surface area contributed by atoms with E-state index in [1.54, 1.807) is 0 Å². The number of piperidine rings is 1. The van der Waals surface area contributed by atoms with E-state index in [9.17, 15) is 4.79 Å². The van der Waals surface area contributed by atoms with Crippen molar-refractivity contribution in [1.82, 2.24) is 9.36 Å². The molecular weight excluding hydrogens is 186 g/mol. The second kappa shape index (κ2) is 3.83. The van der Waals surface area contributed by atoms with Gasteiger partial charge in [-0.05, 0) is 19.3 Å². The first kappa shape index (κ1) is 8.62. The van der Waals surface area contributed by atoms with Crippen LogP contribution in [0.2, 0.25) is 0 Å². The molecule has 0 saturated carbocycles. The van der Waals surface area contributed by atoms with E-state index in [4.69, 9.17) is 0 Å². The Labute approximate surface area is 80.8 Å². The van der Waals surface area contributed by atoms with E-state index in [0.29, 0.717) is 0 Å². The summed E-state index contributed by atoms with van der Waals surface area (Å²) >= 11 is 1.35. The fourth-order valence-corrected chi connectivity index (χ4v) is 2.24. The Kier molecular flexibility index (Phi) is 2.54. The molecule has 4 nitrogen and oxygen atoms in total. The van der Waals surface area contributed by atoms with Gasteiger partial charge in [-0.3, -0.25) is 0 Å². The minimum atomic E-state index is 0.0155. The van der Waals surface area contributed by atoms with Crippen molar-refractivity contribution in [2.45, 2.75) is 25.3 Å². The highest BCUT2D eigenvalue weighted by Gasteiger charge is 2.23. The van der Waals surface area contributed by atoms with E-state index in [0.717, 1.165) is 37.2 Å². The molecule has 0 radical (unpaired) electrons. The summed E-state index contributed by atoms with van der Waals surface area (Å²) < 4.78 is 3.94. The molecule has 2 rings (SSSR count). The summed E-state index contributed by atoms with van der Waals surface area (Å²) in [6.07, 6.45) is 5.78. The first-order valence-electron chi connectivity index (χ1n) is 4.40. The highest BCUT2D eigenvalue weighted by atomic mass is 32.1. The summed E-state index contributed by atoms with van der Waals surface area (Å²) in [5.41, 5.74) is 0. The molecule has 0 spiro atoms. The highest BCUT2D eigenvalue weighted by molar-refractivity contribution is 7.09. The summed E-state index contributed by atoms with van der Waals surface area (Å²) in [4.78, 5) is 16.9. The Morgan fingerprint density at radius 1 is 1.62 bits per heavy atom. The molecule has 1 fully saturated rings. The Balaban J connectivity index is 2.15. The molecule has 1 aromatic heterocycles. The lowest BCUT2D eigenvalue weighted by molar-refractivity contribution is -0.109. The molecule has 1 aliphatic rings. The number of aldehydes is 1. The second-order valence-electron chi connectivity index (χ2n) is 3.12. The molecule has 0 aliphatic carbocycles. The Bertz CT molecular complexity index is 275. The molecule has 2 heterocycles. The molecule has 0 N–H and O–H groups in total. The molecular formula is C8H11N3OS. The van der Waals surface area contributed by atoms with E-state index in [2.05, 4.69) is 9.36 Å². The van der Waals surface area contributed by atoms with Crippen LogP contribution < -0.4 is 4.90 Å². The standard InChI is InChI=1S/C8H11N3OS/c12-5-7-3-1-2-4-11(7)8-9-6-10-13-8/h5-7H,1-4H2. The van der Waals surface area contributed by atoms with Crippen LogP contribution in [0.1, 0.15) is 19.3 Å². The molecule has 13 heavy (non-hydrogen) atoms. The van der Waals surface area contributed by atoms with E-state index in [1.807, 2.05) is 4.90 Å². The topological polar surface area (TPSA) is 46.1 Å². The molecule has 1 atom stereocenters. The van der Waals surface area contributed by atoms with Crippen LogP contribution in [0.4, 0.5) is 5.13 Å². The third-order valence-electron chi connectivity index (χ3n) is 2.30. The smallest absolute Gasteiger partial charge is 0.205 e. The third-order valence-corrected chi connectivity index (χ3v) is 3.00. The quantitative estimate of drug-likeness (QED) is 0.666. The molecule has 5 heteroatoms. The average molecular weight is 197 g/mol. The zero-order valence-corrected chi connectivity index (χ0v) is 8.04. The van der Waals surface area contributed by atoms with E-state index >= 15 is 0 Å². The van der Waals surface area contributed by atoms with Gasteiger partial charge in [0.05, 0.1) is 6.04 Å². The largest absolute Gasteiger partial charge is 0.337 e. The molecule has 1 aromatic rings. The number of carbonyl (C=O) groups is 1. The first-order chi connectivity index (χ1) is 6.42. The zero-order chi connectivity index (χ0) is 9.10. The molecule has 0 amide bonds. The van der Waals surface area contributed by atoms with Crippen molar-refractivity contribution in [1.29, 1.82) is 0 Å². The lowest BCUT2D eigenvalue weighted by atomic mass is 10.0. The van der Waals surface area contributed by atoms with Crippen LogP contribution >= 0.6 is 11.5 Å². The maximum Gasteiger partial charge on any atom is 0.205 e. The maximum atomic E-state index is 10.8. The molecule has 1 unspecified atom stereocenters. The van der Waals surface area contributed by atoms with Gasteiger partial charge in [0.1, 0.15) is 12.6 Å². The number of rotatable bonds is 2. The van der Waals surface area contributed by atoms with Crippen molar-refractivity contribution < 1.29 is 4.79 Å². The van der Waals surface area contributed by atoms with Gasteiger partial charge in [-0.25, -0.2) is 4.98 Å². The van der Waals surface area contributed by atoms with Crippen LogP contribution in [0.15, 0.2) is 6.33 Å². The van der Waals surface area contributed by atoms with E-state index in [-0.39, 0.29) is 6.04 Å². The van der Waals surface area contributed by atoms with E-state index in [1.165, 1.54) is 17.9 Å². The predicted octanol–water partition coefficient (Wildman–Crippen LogP) is 1.10. The number of aromatic nitrogens is 2. The summed E-state index contributed by atoms with van der Waals surface area (Å²) in [6.45, 7) is 0.929. The average Bonchev–Trinajstić information content (AvgIpc) is 2.70. The molecule has 0 aromatic carbocycles. The van der Waals surface area contributed by atoms with Crippen LogP contribution in [0.3, 0.4) is 0 Å². The van der Waals surface area contributed by atoms with Crippen molar-refractivity contribution in [3.8, 4) is 0 Å². The number of nitrogens with zero attached hydrogens (tertiary/aromatic N) is 3. The number of hydrogen-bond donors (Lipinski definition) is 0. The minimum Gasteiger partial charge on any atom is -0.337 e. The Hall–Kier alpha value is -0.970. The third kappa shape index (κ3) is 1.70. The molecule has 1 saturated heterocycles. The van der Waals surface area contributed by atoms with Gasteiger partial charge in [0.15, 0.2) is 0 Å². The van der Waals surface area contributed by atoms with Crippen molar-refractivity contribution in [2.75, 3.05) is 11.4 Å². The maximum absolute atomic E-state index is 10.8. The van der Waals surface area contributed by atoms with Crippen molar-refractivity contribution in [3.63, 3.8) is 0 Å². The molecule has 0 bridgehead atoms. The van der Waals surface area contributed by atoms with Gasteiger partial charge >= 0.3 is 0 Å². The predicted molar refractivity (Wildman–Crippen MR) is 51.0 cm³/mol. The lowest BCUT2D eigenvalue weighted by Gasteiger charge is -2.31. The van der Waals surface area contributed by atoms with Crippen LogP contribution in [0, 0.1) is 0 Å². The van der Waals surface area contributed by atoms with Gasteiger partial charge < -0.3 is 9.69 Å². The number of anilines is 1. The first-order valence-corrected chi connectivity index (χ1v) is 5.18. The minimum absolute atomic E-state index is 0.0155. The van der Waals surface area contributed by atoms with Gasteiger partial charge in [-0.1, -0.05) is 0 Å². The zero-order valence-electron chi connectivity index (χ0n) is 7.22. The van der Waals surface area contributed by atoms with Gasteiger partial charge in [0.2, 0.25) is 5.13 Å². The number of hydrogen-bond acceptors (Lipinski definition) is 5. The Morgan fingerprint density at radius 3 is 3.23 bits per heavy atom. The molecule has 70 valence electrons. The van der Waals surface area contributed by atoms with Crippen molar-refractivity contribution in [3.05, 3.63) is 6.33 Å². The van der Waals surface area contributed by atoms with Gasteiger partial charge in [0.25, 0.3) is 0 Å². The summed E-state index contributed by atoms with van der Waals surface area (Å²) in [5, 5.41) is 0.872. The van der Waals surface area contributed by atoms with Crippen LogP contribution in [-0.4, -0.2) is 28.2 Å². The van der Waals surface area contributed by atoms with Gasteiger partial charge in [0, 0.05) is 18.1 Å². The van der Waals surface area contributed by atoms with Crippen LogP contribution in [0.25, 0.3) is 0 Å². The summed E-state index contributed by atoms with van der Waals surface area (Å²) in [7, 11) is 0. The monoisotopic (exact) mass is 197 g/mol. The van der Waals surface area contributed by atoms with Crippen molar-refractivity contribution in [2.24, 2.45) is 0 Å². The van der Waals surface area contributed by atoms with Gasteiger partial charge in [-0.15, -0.1) is 0 Å². The Morgan fingerprint density at radius 2 is 2.54 bits per heavy atom. The van der Waals surface area contributed by atoms with Crippen LogP contribution in [0.5, 0.6) is 0 Å². The normalized spacial score (nSPS) is 23.1. The van der Waals surface area contributed by atoms with Crippen molar-refractivity contribution >= 4 is 23.0 Å². The second-order valence-corrected chi connectivity index (χ2v) is 3.87. The fourth-order valence-electron chi connectivity index (χ4n) is 1.63. The van der Waals surface area contributed by atoms with Crippen LogP contribution in [-0.2, 0) is 4.79 Å². The molecule has 1 aliphatic heterocycles. The SMILES string of the molecule is O=CC1CCCCN1c1ncns1. The summed E-state index contributed by atoms with van der Waals surface area (Å²) in [6, 6.07) is 0.0155. The fraction of sp³-hybridized carbons (Fsp3) is 0.625. The van der Waals surface area contributed by atoms with Gasteiger partial charge in [-0.2, -0.15) is 4.37 Å². The highest BCUT2D eigenvalue weighted by Crippen LogP contribution is 2.23.